The van der Waals surface area contributed by atoms with E-state index in [1.54, 1.807) is 0 Å². The second kappa shape index (κ2) is 46.3. The Balaban J connectivity index is -0.000000926. The topological polar surface area (TPSA) is 151 Å². The van der Waals surface area contributed by atoms with Crippen molar-refractivity contribution in [2.45, 2.75) is 194 Å². The molecule has 53 heavy (non-hydrogen) atoms. The fourth-order valence-electron chi connectivity index (χ4n) is 5.50. The van der Waals surface area contributed by atoms with E-state index in [0.29, 0.717) is 13.2 Å². The minimum atomic E-state index is -4.58. The average Bonchev–Trinajstić information content (AvgIpc) is 3.09. The molecule has 0 amide bonds. The largest absolute Gasteiger partial charge is 2.00 e. The maximum absolute atomic E-state index is 10.2. The standard InChI is InChI=1S/2C20H40O5S.Mg/c2*1-2-3-4-5-6-7-8-9-10-11-12-13-14-15-16-17-18-24-19-20-25-26(21,22)23;/h2*9-10H,2-8,11-20H2,1H3,(H,21,22,23);/q;;+2/p-2/b2*10-9-;. The van der Waals surface area contributed by atoms with E-state index in [2.05, 4.69) is 46.5 Å². The number of hydrogen-bond donors (Lipinski definition) is 0. The van der Waals surface area contributed by atoms with Crippen molar-refractivity contribution in [2.24, 2.45) is 0 Å². The predicted octanol–water partition coefficient (Wildman–Crippen LogP) is 10.7. The van der Waals surface area contributed by atoms with Gasteiger partial charge in [0.1, 0.15) is 0 Å². The first-order chi connectivity index (χ1) is 25.1. The summed E-state index contributed by atoms with van der Waals surface area (Å²) in [7, 11) is -9.17. The Bertz CT molecular complexity index is 898. The van der Waals surface area contributed by atoms with E-state index < -0.39 is 20.8 Å². The summed E-state index contributed by atoms with van der Waals surface area (Å²) in [5, 5.41) is 0. The van der Waals surface area contributed by atoms with Crippen molar-refractivity contribution >= 4 is 43.9 Å². The van der Waals surface area contributed by atoms with E-state index in [1.807, 2.05) is 0 Å². The van der Waals surface area contributed by atoms with Crippen molar-refractivity contribution in [1.29, 1.82) is 0 Å². The third-order valence-corrected chi connectivity index (χ3v) is 9.42. The number of allylic oxidation sites excluding steroid dienone is 4. The van der Waals surface area contributed by atoms with E-state index in [0.717, 1.165) is 25.7 Å². The van der Waals surface area contributed by atoms with Crippen molar-refractivity contribution in [3.8, 4) is 0 Å². The van der Waals surface area contributed by atoms with Gasteiger partial charge in [-0.25, -0.2) is 16.8 Å². The van der Waals surface area contributed by atoms with Gasteiger partial charge in [0.2, 0.25) is 20.8 Å². The Morgan fingerprint density at radius 2 is 0.604 bits per heavy atom. The Labute approximate surface area is 343 Å². The second-order valence-electron chi connectivity index (χ2n) is 13.6. The van der Waals surface area contributed by atoms with E-state index in [4.69, 9.17) is 9.47 Å². The van der Waals surface area contributed by atoms with E-state index >= 15 is 0 Å². The summed E-state index contributed by atoms with van der Waals surface area (Å²) in [4.78, 5) is 0. The summed E-state index contributed by atoms with van der Waals surface area (Å²) < 4.78 is 79.6. The first-order valence-corrected chi connectivity index (χ1v) is 23.4. The van der Waals surface area contributed by atoms with Gasteiger partial charge in [-0.2, -0.15) is 0 Å². The molecular weight excluding hydrogens is 729 g/mol. The molecule has 0 fully saturated rings. The number of hydrogen-bond acceptors (Lipinski definition) is 10. The van der Waals surface area contributed by atoms with Crippen molar-refractivity contribution in [1.82, 2.24) is 0 Å². The van der Waals surface area contributed by atoms with Crippen LogP contribution >= 0.6 is 0 Å². The predicted molar refractivity (Wildman–Crippen MR) is 218 cm³/mol. The third kappa shape index (κ3) is 61.3. The average molecular weight is 807 g/mol. The van der Waals surface area contributed by atoms with Crippen LogP contribution < -0.4 is 0 Å². The van der Waals surface area contributed by atoms with Gasteiger partial charge in [-0.1, -0.05) is 154 Å². The van der Waals surface area contributed by atoms with Crippen LogP contribution in [0.15, 0.2) is 24.3 Å². The molecule has 0 heterocycles. The van der Waals surface area contributed by atoms with Gasteiger partial charge >= 0.3 is 23.1 Å². The summed E-state index contributed by atoms with van der Waals surface area (Å²) >= 11 is 0. The Hall–Kier alpha value is -0.0938. The molecule has 0 unspecified atom stereocenters. The molecule has 0 spiro atoms. The van der Waals surface area contributed by atoms with Gasteiger partial charge in [-0.15, -0.1) is 0 Å². The molecule has 0 aliphatic rings. The summed E-state index contributed by atoms with van der Waals surface area (Å²) in [6.07, 6.45) is 44.8. The van der Waals surface area contributed by atoms with Crippen LogP contribution in [-0.4, -0.2) is 88.6 Å². The van der Waals surface area contributed by atoms with E-state index in [1.165, 1.54) is 154 Å². The molecule has 0 saturated carbocycles. The van der Waals surface area contributed by atoms with Gasteiger partial charge in [-0.05, 0) is 64.2 Å². The van der Waals surface area contributed by atoms with Gasteiger partial charge in [0.25, 0.3) is 0 Å². The minimum Gasteiger partial charge on any atom is -0.726 e. The summed E-state index contributed by atoms with van der Waals surface area (Å²) in [6.45, 7) is 5.58. The normalized spacial score (nSPS) is 12.0. The summed E-state index contributed by atoms with van der Waals surface area (Å²) in [5.74, 6) is 0. The van der Waals surface area contributed by atoms with Gasteiger partial charge < -0.3 is 18.6 Å². The third-order valence-electron chi connectivity index (χ3n) is 8.51. The zero-order chi connectivity index (χ0) is 38.7. The molecule has 312 valence electrons. The molecule has 13 heteroatoms. The van der Waals surface area contributed by atoms with Gasteiger partial charge in [0.15, 0.2) is 0 Å². The molecule has 10 nitrogen and oxygen atoms in total. The summed E-state index contributed by atoms with van der Waals surface area (Å²) in [5.41, 5.74) is 0. The van der Waals surface area contributed by atoms with Crippen LogP contribution in [0.2, 0.25) is 0 Å². The number of ether oxygens (including phenoxy) is 2. The molecule has 0 rings (SSSR count). The zero-order valence-electron chi connectivity index (χ0n) is 34.0. The second-order valence-corrected chi connectivity index (χ2v) is 15.7. The van der Waals surface area contributed by atoms with Crippen LogP contribution in [0.1, 0.15) is 194 Å². The molecule has 0 aromatic heterocycles. The first kappa shape index (κ1) is 57.2. The fraction of sp³-hybridized carbons (Fsp3) is 0.900. The molecule has 0 radical (unpaired) electrons. The van der Waals surface area contributed by atoms with Crippen LogP contribution in [-0.2, 0) is 38.6 Å². The van der Waals surface area contributed by atoms with Crippen molar-refractivity contribution in [2.75, 3.05) is 39.6 Å². The Morgan fingerprint density at radius 3 is 0.868 bits per heavy atom. The summed E-state index contributed by atoms with van der Waals surface area (Å²) in [6, 6.07) is 0. The molecule has 0 aliphatic carbocycles. The van der Waals surface area contributed by atoms with Crippen molar-refractivity contribution < 1.29 is 43.8 Å². The molecule has 0 bridgehead atoms. The van der Waals surface area contributed by atoms with Crippen LogP contribution in [0, 0.1) is 0 Å². The monoisotopic (exact) mass is 806 g/mol. The fourth-order valence-corrected chi connectivity index (χ4v) is 6.04. The van der Waals surface area contributed by atoms with Crippen molar-refractivity contribution in [3.63, 3.8) is 0 Å². The van der Waals surface area contributed by atoms with Crippen LogP contribution in [0.3, 0.4) is 0 Å². The molecule has 0 aromatic rings. The quantitative estimate of drug-likeness (QED) is 0.0192. The first-order valence-electron chi connectivity index (χ1n) is 20.8. The molecular formula is C40H78MgO10S2. The smallest absolute Gasteiger partial charge is 0.726 e. The SMILES string of the molecule is CCCCCCCC/C=C\CCCCCCCCOCCOS(=O)(=O)[O-].CCCCCCCC/C=C\CCCCCCCCOCCOS(=O)(=O)[O-].[Mg+2]. The molecule has 0 N–H and O–H groups in total. The molecule has 0 saturated heterocycles. The van der Waals surface area contributed by atoms with Gasteiger partial charge in [0.05, 0.1) is 26.4 Å². The maximum atomic E-state index is 10.2. The van der Waals surface area contributed by atoms with Crippen LogP contribution in [0.4, 0.5) is 0 Å². The molecule has 0 aliphatic heterocycles. The van der Waals surface area contributed by atoms with E-state index in [-0.39, 0.29) is 49.5 Å². The van der Waals surface area contributed by atoms with Gasteiger partial charge in [-0.3, -0.25) is 8.37 Å². The molecule has 0 aromatic carbocycles. The van der Waals surface area contributed by atoms with Crippen LogP contribution in [0.25, 0.3) is 0 Å². The zero-order valence-corrected chi connectivity index (χ0v) is 37.0. The van der Waals surface area contributed by atoms with E-state index in [9.17, 15) is 25.9 Å². The Morgan fingerprint density at radius 1 is 0.358 bits per heavy atom. The van der Waals surface area contributed by atoms with Gasteiger partial charge in [0, 0.05) is 13.2 Å². The minimum absolute atomic E-state index is 0. The number of unbranched alkanes of at least 4 members (excludes halogenated alkanes) is 24. The number of rotatable bonds is 40. The molecule has 0 atom stereocenters. The maximum Gasteiger partial charge on any atom is 2.00 e. The Kier molecular flexibility index (Phi) is 50.0. The van der Waals surface area contributed by atoms with Crippen LogP contribution in [0.5, 0.6) is 0 Å². The van der Waals surface area contributed by atoms with Crippen molar-refractivity contribution in [3.05, 3.63) is 24.3 Å².